The van der Waals surface area contributed by atoms with Crippen LogP contribution in [0.5, 0.6) is 23.0 Å². The molecule has 4 atom stereocenters. The summed E-state index contributed by atoms with van der Waals surface area (Å²) >= 11 is 7.08. The first-order chi connectivity index (χ1) is 22.6. The average molecular weight is 778 g/mol. The van der Waals surface area contributed by atoms with Crippen LogP contribution in [-0.2, 0) is 27.2 Å². The predicted octanol–water partition coefficient (Wildman–Crippen LogP) is 5.76. The van der Waals surface area contributed by atoms with Gasteiger partial charge in [0.15, 0.2) is 28.8 Å². The van der Waals surface area contributed by atoms with Crippen molar-refractivity contribution in [2.75, 3.05) is 26.7 Å². The number of carbonyl (C=O) groups excluding carboxylic acids is 3. The number of halogens is 2. The van der Waals surface area contributed by atoms with Crippen molar-refractivity contribution in [3.63, 3.8) is 0 Å². The zero-order valence-electron chi connectivity index (χ0n) is 26.4. The first kappa shape index (κ1) is 33.6. The fraction of sp³-hybridized carbons (Fsp3) is 0.529. The summed E-state index contributed by atoms with van der Waals surface area (Å²) in [4.78, 5) is 53.0. The second-order valence-corrected chi connectivity index (χ2v) is 14.1. The monoisotopic (exact) mass is 776 g/mol. The number of ketones is 1. The van der Waals surface area contributed by atoms with Crippen LogP contribution in [0.3, 0.4) is 0 Å². The number of hydrogen-bond donors (Lipinski definition) is 1. The van der Waals surface area contributed by atoms with E-state index < -0.39 is 11.9 Å². The van der Waals surface area contributed by atoms with E-state index in [1.807, 2.05) is 30.0 Å². The highest BCUT2D eigenvalue weighted by Crippen LogP contribution is 2.47. The van der Waals surface area contributed by atoms with Gasteiger partial charge in [-0.2, -0.15) is 0 Å². The molecule has 0 radical (unpaired) electrons. The predicted molar refractivity (Wildman–Crippen MR) is 177 cm³/mol. The molecule has 4 aliphatic heterocycles. The van der Waals surface area contributed by atoms with Crippen molar-refractivity contribution in [3.05, 3.63) is 43.8 Å². The molecule has 4 unspecified atom stereocenters. The number of benzene rings is 2. The SMILES string of the molecule is CCC(=O)N1CCCC(C(=O)O)C1Cc1cc2c(cc1Br)OCO2.CCC(=O)N1CCCC2C(=O)c3c(c(Br)cc4c3OCO4)CC21. The van der Waals surface area contributed by atoms with E-state index in [9.17, 15) is 24.3 Å². The number of rotatable bonds is 5. The molecule has 7 rings (SSSR count). The minimum atomic E-state index is -0.842. The van der Waals surface area contributed by atoms with E-state index in [1.54, 1.807) is 11.8 Å². The molecular formula is C34H38Br2N2O9. The molecule has 1 aliphatic carbocycles. The molecule has 4 heterocycles. The number of aliphatic carboxylic acids is 1. The maximum Gasteiger partial charge on any atom is 0.308 e. The molecule has 0 saturated carbocycles. The Morgan fingerprint density at radius 3 is 2.19 bits per heavy atom. The summed E-state index contributed by atoms with van der Waals surface area (Å²) in [5.41, 5.74) is 2.52. The third-order valence-corrected chi connectivity index (χ3v) is 11.2. The normalized spacial score (nSPS) is 23.8. The third kappa shape index (κ3) is 6.45. The van der Waals surface area contributed by atoms with Gasteiger partial charge in [0.1, 0.15) is 0 Å². The first-order valence-corrected chi connectivity index (χ1v) is 17.8. The zero-order valence-corrected chi connectivity index (χ0v) is 29.6. The largest absolute Gasteiger partial charge is 0.481 e. The standard InChI is InChI=1S/C17H20BrNO5.C17H18BrNO4/c1-2-16(20)19-5-3-4-11(17(21)22)13(19)6-10-7-14-15(8-12(10)18)24-9-23-14;1-2-14(20)19-5-3-4-9-12(19)6-10-11(18)7-13-17(23-8-22-13)15(10)16(9)21/h7-8,11,13H,2-6,9H2,1H3,(H,21,22);7,9,12H,2-6,8H2,1H3. The molecule has 1 N–H and O–H groups in total. The van der Waals surface area contributed by atoms with E-state index in [0.29, 0.717) is 67.2 Å². The van der Waals surface area contributed by atoms with Crippen LogP contribution in [0.1, 0.15) is 73.9 Å². The number of carboxylic acid groups (broad SMARTS) is 1. The molecule has 11 nitrogen and oxygen atoms in total. The Balaban J connectivity index is 0.000000164. The van der Waals surface area contributed by atoms with Gasteiger partial charge in [0.2, 0.25) is 25.4 Å². The lowest BCUT2D eigenvalue weighted by molar-refractivity contribution is -0.149. The Hall–Kier alpha value is -3.32. The van der Waals surface area contributed by atoms with Crippen molar-refractivity contribution in [1.82, 2.24) is 9.80 Å². The van der Waals surface area contributed by atoms with Gasteiger partial charge in [0.25, 0.3) is 0 Å². The van der Waals surface area contributed by atoms with Crippen LogP contribution in [0.4, 0.5) is 0 Å². The molecule has 0 bridgehead atoms. The van der Waals surface area contributed by atoms with Crippen molar-refractivity contribution < 1.29 is 43.2 Å². The highest BCUT2D eigenvalue weighted by molar-refractivity contribution is 9.10. The molecule has 0 spiro atoms. The highest BCUT2D eigenvalue weighted by atomic mass is 79.9. The van der Waals surface area contributed by atoms with Gasteiger partial charge in [-0.3, -0.25) is 19.2 Å². The van der Waals surface area contributed by atoms with Gasteiger partial charge in [-0.25, -0.2) is 0 Å². The summed E-state index contributed by atoms with van der Waals surface area (Å²) in [5.74, 6) is 1.23. The van der Waals surface area contributed by atoms with Crippen molar-refractivity contribution in [3.8, 4) is 23.0 Å². The van der Waals surface area contributed by atoms with E-state index in [0.717, 1.165) is 45.9 Å². The Morgan fingerprint density at radius 2 is 1.47 bits per heavy atom. The number of piperidine rings is 2. The fourth-order valence-corrected chi connectivity index (χ4v) is 8.54. The Labute approximate surface area is 290 Å². The lowest BCUT2D eigenvalue weighted by atomic mass is 9.74. The molecular weight excluding hydrogens is 740 g/mol. The third-order valence-electron chi connectivity index (χ3n) is 9.80. The molecule has 13 heteroatoms. The second kappa shape index (κ2) is 14.0. The molecule has 0 aromatic heterocycles. The minimum Gasteiger partial charge on any atom is -0.481 e. The number of carboxylic acids is 1. The number of likely N-dealkylation sites (tertiary alicyclic amines) is 2. The highest BCUT2D eigenvalue weighted by Gasteiger charge is 2.45. The number of carbonyl (C=O) groups is 4. The Kier molecular flexibility index (Phi) is 10.0. The van der Waals surface area contributed by atoms with Crippen LogP contribution >= 0.6 is 31.9 Å². The first-order valence-electron chi connectivity index (χ1n) is 16.2. The maximum atomic E-state index is 13.1. The van der Waals surface area contributed by atoms with E-state index >= 15 is 0 Å². The lowest BCUT2D eigenvalue weighted by Crippen LogP contribution is -2.53. The van der Waals surface area contributed by atoms with Gasteiger partial charge in [-0.05, 0) is 67.9 Å². The summed E-state index contributed by atoms with van der Waals surface area (Å²) in [7, 11) is 0. The molecule has 2 fully saturated rings. The topological polar surface area (TPSA) is 132 Å². The molecule has 252 valence electrons. The van der Waals surface area contributed by atoms with Crippen molar-refractivity contribution in [1.29, 1.82) is 0 Å². The van der Waals surface area contributed by atoms with Crippen LogP contribution < -0.4 is 18.9 Å². The van der Waals surface area contributed by atoms with Crippen LogP contribution in [0.15, 0.2) is 27.1 Å². The van der Waals surface area contributed by atoms with E-state index in [-0.39, 0.29) is 49.2 Å². The Bertz CT molecular complexity index is 1600. The molecule has 2 amide bonds. The molecule has 47 heavy (non-hydrogen) atoms. The Morgan fingerprint density at radius 1 is 0.851 bits per heavy atom. The van der Waals surface area contributed by atoms with Crippen molar-refractivity contribution in [2.24, 2.45) is 11.8 Å². The summed E-state index contributed by atoms with van der Waals surface area (Å²) in [6.45, 7) is 5.38. The van der Waals surface area contributed by atoms with Gasteiger partial charge in [0, 0.05) is 52.9 Å². The number of Topliss-reactive ketones (excluding diaryl/α,β-unsaturated/α-hetero) is 1. The zero-order chi connectivity index (χ0) is 33.4. The fourth-order valence-electron chi connectivity index (χ4n) is 7.48. The number of hydrogen-bond acceptors (Lipinski definition) is 8. The van der Waals surface area contributed by atoms with Gasteiger partial charge in [-0.1, -0.05) is 45.7 Å². The molecule has 2 aromatic carbocycles. The minimum absolute atomic E-state index is 0.00261. The number of ether oxygens (including phenoxy) is 4. The van der Waals surface area contributed by atoms with E-state index in [4.69, 9.17) is 18.9 Å². The van der Waals surface area contributed by atoms with Gasteiger partial charge >= 0.3 is 5.97 Å². The number of fused-ring (bicyclic) bond motifs is 5. The van der Waals surface area contributed by atoms with Gasteiger partial charge < -0.3 is 33.9 Å². The molecule has 2 saturated heterocycles. The van der Waals surface area contributed by atoms with Crippen molar-refractivity contribution >= 4 is 55.4 Å². The summed E-state index contributed by atoms with van der Waals surface area (Å²) in [6.07, 6.45) is 5.05. The lowest BCUT2D eigenvalue weighted by Gasteiger charge is -2.44. The quantitative estimate of drug-likeness (QED) is 0.403. The molecule has 5 aliphatic rings. The summed E-state index contributed by atoms with van der Waals surface area (Å²) in [5, 5.41) is 9.59. The van der Waals surface area contributed by atoms with E-state index in [2.05, 4.69) is 31.9 Å². The smallest absolute Gasteiger partial charge is 0.308 e. The second-order valence-electron chi connectivity index (χ2n) is 12.4. The molecule has 2 aromatic rings. The van der Waals surface area contributed by atoms with Gasteiger partial charge in [-0.15, -0.1) is 0 Å². The van der Waals surface area contributed by atoms with Crippen LogP contribution in [0, 0.1) is 11.8 Å². The van der Waals surface area contributed by atoms with Crippen molar-refractivity contribution in [2.45, 2.75) is 77.3 Å². The van der Waals surface area contributed by atoms with Crippen LogP contribution in [-0.4, -0.2) is 77.2 Å². The average Bonchev–Trinajstić information content (AvgIpc) is 3.73. The van der Waals surface area contributed by atoms with Gasteiger partial charge in [0.05, 0.1) is 11.5 Å². The maximum absolute atomic E-state index is 13.1. The number of nitrogens with zero attached hydrogens (tertiary/aromatic N) is 2. The van der Waals surface area contributed by atoms with Crippen LogP contribution in [0.2, 0.25) is 0 Å². The van der Waals surface area contributed by atoms with Crippen LogP contribution in [0.25, 0.3) is 0 Å². The number of amides is 2. The van der Waals surface area contributed by atoms with E-state index in [1.165, 1.54) is 0 Å². The summed E-state index contributed by atoms with van der Waals surface area (Å²) in [6, 6.07) is 5.19. The summed E-state index contributed by atoms with van der Waals surface area (Å²) < 4.78 is 23.5.